The van der Waals surface area contributed by atoms with Crippen molar-refractivity contribution in [2.45, 2.75) is 25.7 Å². The second-order valence-electron chi connectivity index (χ2n) is 4.23. The molecule has 0 radical (unpaired) electrons. The summed E-state index contributed by atoms with van der Waals surface area (Å²) >= 11 is 0. The molecule has 2 N–H and O–H groups in total. The monoisotopic (exact) mass is 318 g/mol. The molecule has 0 aliphatic rings. The molecule has 118 valence electrons. The molecule has 0 saturated carbocycles. The second-order valence-corrected chi connectivity index (χ2v) is 5.96. The number of rotatable bonds is 7. The second kappa shape index (κ2) is 6.72. The van der Waals surface area contributed by atoms with Gasteiger partial charge in [0.05, 0.1) is 6.54 Å². The Morgan fingerprint density at radius 1 is 1.33 bits per heavy atom. The van der Waals surface area contributed by atoms with E-state index in [-0.39, 0.29) is 16.6 Å². The molecule has 0 aliphatic carbocycles. The highest BCUT2D eigenvalue weighted by molar-refractivity contribution is 7.89. The highest BCUT2D eigenvalue weighted by atomic mass is 32.2. The zero-order chi connectivity index (χ0) is 16.2. The number of carboxylic acids is 1. The van der Waals surface area contributed by atoms with E-state index in [0.29, 0.717) is 13.1 Å². The van der Waals surface area contributed by atoms with Crippen LogP contribution in [0.3, 0.4) is 0 Å². The highest BCUT2D eigenvalue weighted by Crippen LogP contribution is 2.19. The van der Waals surface area contributed by atoms with Gasteiger partial charge in [-0.15, -0.1) is 0 Å². The summed E-state index contributed by atoms with van der Waals surface area (Å²) in [5, 5.41) is 8.77. The Kier molecular flexibility index (Phi) is 5.50. The first-order chi connectivity index (χ1) is 9.72. The number of nitrogens with one attached hydrogen (secondary N) is 1. The number of amides is 1. The minimum Gasteiger partial charge on any atom is -0.475 e. The van der Waals surface area contributed by atoms with Crippen molar-refractivity contribution in [1.82, 2.24) is 9.62 Å². The third kappa shape index (κ3) is 4.05. The molecule has 0 unspecified atom stereocenters. The van der Waals surface area contributed by atoms with Crippen LogP contribution >= 0.6 is 0 Å². The van der Waals surface area contributed by atoms with Gasteiger partial charge in [0.2, 0.25) is 21.7 Å². The summed E-state index contributed by atoms with van der Waals surface area (Å²) in [6.07, 6.45) is 0. The van der Waals surface area contributed by atoms with E-state index in [1.807, 2.05) is 0 Å². The standard InChI is InChI=1S/C12H18N2O6S/c1-4-14(5-2)11(15)7-13-21(18,19)10-6-9(12(16)17)20-8(10)3/h6,13H,4-5,7H2,1-3H3,(H,16,17). The predicted molar refractivity (Wildman–Crippen MR) is 73.5 cm³/mol. The Hall–Kier alpha value is -1.87. The van der Waals surface area contributed by atoms with Crippen LogP contribution in [0.5, 0.6) is 0 Å². The lowest BCUT2D eigenvalue weighted by Crippen LogP contribution is -2.40. The summed E-state index contributed by atoms with van der Waals surface area (Å²) in [7, 11) is -4.00. The van der Waals surface area contributed by atoms with Gasteiger partial charge in [-0.1, -0.05) is 0 Å². The van der Waals surface area contributed by atoms with Crippen molar-refractivity contribution < 1.29 is 27.5 Å². The van der Waals surface area contributed by atoms with Crippen LogP contribution in [0.2, 0.25) is 0 Å². The number of aryl methyl sites for hydroxylation is 1. The fourth-order valence-corrected chi connectivity index (χ4v) is 2.91. The zero-order valence-electron chi connectivity index (χ0n) is 12.0. The number of furan rings is 1. The quantitative estimate of drug-likeness (QED) is 0.753. The maximum Gasteiger partial charge on any atom is 0.371 e. The summed E-state index contributed by atoms with van der Waals surface area (Å²) < 4.78 is 31.1. The van der Waals surface area contributed by atoms with Crippen molar-refractivity contribution >= 4 is 21.9 Å². The van der Waals surface area contributed by atoms with Crippen LogP contribution in [0.25, 0.3) is 0 Å². The Labute approximate surface area is 122 Å². The molecule has 1 rings (SSSR count). The lowest BCUT2D eigenvalue weighted by atomic mass is 10.4. The van der Waals surface area contributed by atoms with Crippen molar-refractivity contribution in [3.63, 3.8) is 0 Å². The van der Waals surface area contributed by atoms with Gasteiger partial charge in [0.1, 0.15) is 10.7 Å². The SMILES string of the molecule is CCN(CC)C(=O)CNS(=O)(=O)c1cc(C(=O)O)oc1C. The Bertz CT molecular complexity index is 630. The number of hydrogen-bond donors (Lipinski definition) is 2. The molecule has 0 fully saturated rings. The average molecular weight is 318 g/mol. The van der Waals surface area contributed by atoms with Crippen molar-refractivity contribution in [3.05, 3.63) is 17.6 Å². The molecule has 8 nitrogen and oxygen atoms in total. The van der Waals surface area contributed by atoms with Crippen molar-refractivity contribution in [3.8, 4) is 0 Å². The van der Waals surface area contributed by atoms with E-state index >= 15 is 0 Å². The van der Waals surface area contributed by atoms with Crippen molar-refractivity contribution in [2.75, 3.05) is 19.6 Å². The number of likely N-dealkylation sites (N-methyl/N-ethyl adjacent to an activating group) is 1. The van der Waals surface area contributed by atoms with Gasteiger partial charge in [-0.05, 0) is 20.8 Å². The van der Waals surface area contributed by atoms with E-state index < -0.39 is 28.3 Å². The largest absolute Gasteiger partial charge is 0.475 e. The molecule has 0 aliphatic heterocycles. The van der Waals surface area contributed by atoms with Crippen LogP contribution < -0.4 is 4.72 Å². The van der Waals surface area contributed by atoms with Crippen molar-refractivity contribution in [2.24, 2.45) is 0 Å². The molecule has 0 saturated heterocycles. The number of carboxylic acid groups (broad SMARTS) is 1. The highest BCUT2D eigenvalue weighted by Gasteiger charge is 2.24. The Balaban J connectivity index is 2.88. The van der Waals surface area contributed by atoms with E-state index in [2.05, 4.69) is 4.72 Å². The minimum absolute atomic E-state index is 0.0461. The lowest BCUT2D eigenvalue weighted by molar-refractivity contribution is -0.129. The third-order valence-corrected chi connectivity index (χ3v) is 4.41. The normalized spacial score (nSPS) is 11.4. The van der Waals surface area contributed by atoms with Gasteiger partial charge in [-0.3, -0.25) is 4.79 Å². The predicted octanol–water partition coefficient (Wildman–Crippen LogP) is 0.433. The van der Waals surface area contributed by atoms with E-state index in [9.17, 15) is 18.0 Å². The maximum absolute atomic E-state index is 12.1. The molecule has 1 amide bonds. The topological polar surface area (TPSA) is 117 Å². The Morgan fingerprint density at radius 3 is 2.33 bits per heavy atom. The van der Waals surface area contributed by atoms with E-state index in [0.717, 1.165) is 6.07 Å². The van der Waals surface area contributed by atoms with Crippen molar-refractivity contribution in [1.29, 1.82) is 0 Å². The lowest BCUT2D eigenvalue weighted by Gasteiger charge is -2.18. The smallest absolute Gasteiger partial charge is 0.371 e. The van der Waals surface area contributed by atoms with Crippen LogP contribution in [0.15, 0.2) is 15.4 Å². The number of carbonyl (C=O) groups is 2. The fourth-order valence-electron chi connectivity index (χ4n) is 1.76. The summed E-state index contributed by atoms with van der Waals surface area (Å²) in [5.74, 6) is -2.24. The molecule has 0 bridgehead atoms. The number of carbonyl (C=O) groups excluding carboxylic acids is 1. The third-order valence-electron chi connectivity index (χ3n) is 2.90. The van der Waals surface area contributed by atoms with E-state index in [4.69, 9.17) is 9.52 Å². The molecule has 0 atom stereocenters. The first-order valence-electron chi connectivity index (χ1n) is 6.34. The van der Waals surface area contributed by atoms with E-state index in [1.54, 1.807) is 13.8 Å². The summed E-state index contributed by atoms with van der Waals surface area (Å²) in [5.41, 5.74) is 0. The van der Waals surface area contributed by atoms with Gasteiger partial charge in [0.25, 0.3) is 0 Å². The van der Waals surface area contributed by atoms with Gasteiger partial charge in [-0.25, -0.2) is 17.9 Å². The van der Waals surface area contributed by atoms with Gasteiger partial charge in [0.15, 0.2) is 0 Å². The number of nitrogens with zero attached hydrogens (tertiary/aromatic N) is 1. The Morgan fingerprint density at radius 2 is 1.90 bits per heavy atom. The summed E-state index contributed by atoms with van der Waals surface area (Å²) in [4.78, 5) is 23.7. The van der Waals surface area contributed by atoms with Crippen LogP contribution in [0, 0.1) is 6.92 Å². The molecular formula is C12H18N2O6S. The summed E-state index contributed by atoms with van der Waals surface area (Å²) in [6.45, 7) is 5.48. The molecule has 9 heteroatoms. The maximum atomic E-state index is 12.1. The van der Waals surface area contributed by atoms with Gasteiger partial charge >= 0.3 is 5.97 Å². The molecule has 0 spiro atoms. The van der Waals surface area contributed by atoms with Gasteiger partial charge in [0, 0.05) is 19.2 Å². The molecule has 0 aromatic carbocycles. The van der Waals surface area contributed by atoms with Crippen LogP contribution in [0.1, 0.15) is 30.2 Å². The van der Waals surface area contributed by atoms with Crippen LogP contribution in [0.4, 0.5) is 0 Å². The first-order valence-corrected chi connectivity index (χ1v) is 7.82. The molecule has 1 aromatic heterocycles. The molecule has 1 heterocycles. The number of sulfonamides is 1. The zero-order valence-corrected chi connectivity index (χ0v) is 12.9. The van der Waals surface area contributed by atoms with Gasteiger partial charge < -0.3 is 14.4 Å². The number of hydrogen-bond acceptors (Lipinski definition) is 5. The minimum atomic E-state index is -4.00. The average Bonchev–Trinajstić information content (AvgIpc) is 2.81. The fraction of sp³-hybridized carbons (Fsp3) is 0.500. The van der Waals surface area contributed by atoms with Crippen LogP contribution in [-0.2, 0) is 14.8 Å². The van der Waals surface area contributed by atoms with Gasteiger partial charge in [-0.2, -0.15) is 0 Å². The number of aromatic carboxylic acids is 1. The van der Waals surface area contributed by atoms with Crippen LogP contribution in [-0.4, -0.2) is 49.9 Å². The molecule has 1 aromatic rings. The molecule has 21 heavy (non-hydrogen) atoms. The first kappa shape index (κ1) is 17.2. The summed E-state index contributed by atoms with van der Waals surface area (Å²) in [6, 6.07) is 0.919. The molecular weight excluding hydrogens is 300 g/mol. The van der Waals surface area contributed by atoms with E-state index in [1.165, 1.54) is 11.8 Å².